The van der Waals surface area contributed by atoms with E-state index >= 15 is 0 Å². The smallest absolute Gasteiger partial charge is 0.224 e. The molecule has 0 saturated carbocycles. The van der Waals surface area contributed by atoms with E-state index in [1.54, 1.807) is 0 Å². The standard InChI is InChI=1S/C7H12N4S/c1-4(2)3-5-9-6(8)11-7(12)10-5/h4H,3H2,1-2H3,(H3,8,9,10,11,12). The van der Waals surface area contributed by atoms with Gasteiger partial charge in [0.2, 0.25) is 10.7 Å². The maximum Gasteiger partial charge on any atom is 0.224 e. The van der Waals surface area contributed by atoms with Crippen molar-refractivity contribution in [1.29, 1.82) is 0 Å². The second kappa shape index (κ2) is 3.62. The lowest BCUT2D eigenvalue weighted by Crippen LogP contribution is -2.05. The average molecular weight is 184 g/mol. The highest BCUT2D eigenvalue weighted by molar-refractivity contribution is 7.71. The van der Waals surface area contributed by atoms with E-state index in [-0.39, 0.29) is 0 Å². The fraction of sp³-hybridized carbons (Fsp3) is 0.571. The van der Waals surface area contributed by atoms with Crippen LogP contribution in [0.2, 0.25) is 0 Å². The Morgan fingerprint density at radius 1 is 1.50 bits per heavy atom. The van der Waals surface area contributed by atoms with E-state index in [9.17, 15) is 0 Å². The molecule has 0 atom stereocenters. The van der Waals surface area contributed by atoms with Crippen LogP contribution in [0.1, 0.15) is 19.7 Å². The molecule has 4 nitrogen and oxygen atoms in total. The molecular weight excluding hydrogens is 172 g/mol. The summed E-state index contributed by atoms with van der Waals surface area (Å²) in [6.07, 6.45) is 0.844. The van der Waals surface area contributed by atoms with Crippen molar-refractivity contribution in [3.63, 3.8) is 0 Å². The lowest BCUT2D eigenvalue weighted by Gasteiger charge is -2.03. The fourth-order valence-corrected chi connectivity index (χ4v) is 1.14. The van der Waals surface area contributed by atoms with E-state index in [1.165, 1.54) is 0 Å². The highest BCUT2D eigenvalue weighted by Gasteiger charge is 2.00. The Morgan fingerprint density at radius 3 is 2.67 bits per heavy atom. The predicted octanol–water partition coefficient (Wildman–Crippen LogP) is 1.31. The molecular formula is C7H12N4S. The Labute approximate surface area is 76.2 Å². The quantitative estimate of drug-likeness (QED) is 0.680. The minimum Gasteiger partial charge on any atom is -0.369 e. The number of rotatable bonds is 2. The minimum atomic E-state index is 0.307. The Bertz CT molecular complexity index is 317. The molecule has 0 unspecified atom stereocenters. The second-order valence-electron chi connectivity index (χ2n) is 3.06. The van der Waals surface area contributed by atoms with Crippen molar-refractivity contribution in [3.05, 3.63) is 10.6 Å². The number of hydrogen-bond donors (Lipinski definition) is 2. The molecule has 0 radical (unpaired) electrons. The molecule has 0 aliphatic rings. The zero-order valence-electron chi connectivity index (χ0n) is 7.16. The van der Waals surface area contributed by atoms with Crippen LogP contribution in [-0.4, -0.2) is 15.0 Å². The van der Waals surface area contributed by atoms with Crippen LogP contribution in [0, 0.1) is 10.7 Å². The SMILES string of the molecule is CC(C)Cc1nc(=S)nc(N)[nH]1. The van der Waals surface area contributed by atoms with Crippen LogP contribution in [0.15, 0.2) is 0 Å². The molecule has 1 rings (SSSR count). The Morgan fingerprint density at radius 2 is 2.17 bits per heavy atom. The molecule has 5 heteroatoms. The number of nitrogens with two attached hydrogens (primary N) is 1. The molecule has 1 heterocycles. The van der Waals surface area contributed by atoms with Gasteiger partial charge in [0, 0.05) is 6.42 Å². The summed E-state index contributed by atoms with van der Waals surface area (Å²) in [6, 6.07) is 0. The number of hydrogen-bond acceptors (Lipinski definition) is 4. The molecule has 0 aliphatic heterocycles. The zero-order chi connectivity index (χ0) is 9.14. The maximum atomic E-state index is 5.46. The lowest BCUT2D eigenvalue weighted by molar-refractivity contribution is 0.617. The van der Waals surface area contributed by atoms with Gasteiger partial charge in [0.1, 0.15) is 5.82 Å². The first-order valence-corrected chi connectivity index (χ1v) is 4.21. The third-order valence-electron chi connectivity index (χ3n) is 1.32. The number of nitrogens with one attached hydrogen (secondary N) is 1. The topological polar surface area (TPSA) is 67.6 Å². The average Bonchev–Trinajstić information content (AvgIpc) is 1.81. The summed E-state index contributed by atoms with van der Waals surface area (Å²) in [5, 5.41) is 0. The second-order valence-corrected chi connectivity index (χ2v) is 3.43. The van der Waals surface area contributed by atoms with Gasteiger partial charge in [-0.25, -0.2) is 4.98 Å². The van der Waals surface area contributed by atoms with Gasteiger partial charge < -0.3 is 10.7 Å². The number of nitrogen functional groups attached to an aromatic ring is 1. The molecule has 0 saturated heterocycles. The first-order chi connectivity index (χ1) is 5.58. The van der Waals surface area contributed by atoms with Crippen molar-refractivity contribution >= 4 is 18.2 Å². The molecule has 0 aromatic carbocycles. The van der Waals surface area contributed by atoms with Crippen LogP contribution in [0.4, 0.5) is 5.95 Å². The van der Waals surface area contributed by atoms with Gasteiger partial charge in [-0.1, -0.05) is 13.8 Å². The maximum absolute atomic E-state index is 5.46. The molecule has 0 aliphatic carbocycles. The summed E-state index contributed by atoms with van der Waals surface area (Å²) in [5.74, 6) is 1.68. The van der Waals surface area contributed by atoms with Crippen molar-refractivity contribution in [3.8, 4) is 0 Å². The molecule has 66 valence electrons. The number of H-pyrrole nitrogens is 1. The number of anilines is 1. The fourth-order valence-electron chi connectivity index (χ4n) is 0.931. The molecule has 1 aromatic rings. The minimum absolute atomic E-state index is 0.307. The van der Waals surface area contributed by atoms with Crippen molar-refractivity contribution in [2.45, 2.75) is 20.3 Å². The molecule has 12 heavy (non-hydrogen) atoms. The zero-order valence-corrected chi connectivity index (χ0v) is 7.98. The van der Waals surface area contributed by atoms with Gasteiger partial charge in [-0.15, -0.1) is 0 Å². The predicted molar refractivity (Wildman–Crippen MR) is 50.2 cm³/mol. The van der Waals surface area contributed by atoms with E-state index in [0.29, 0.717) is 16.6 Å². The number of aromatic nitrogens is 3. The summed E-state index contributed by atoms with van der Waals surface area (Å²) < 4.78 is 0.307. The first-order valence-electron chi connectivity index (χ1n) is 3.80. The van der Waals surface area contributed by atoms with E-state index in [0.717, 1.165) is 12.2 Å². The summed E-state index contributed by atoms with van der Waals surface area (Å²) in [7, 11) is 0. The van der Waals surface area contributed by atoms with Crippen LogP contribution in [0.5, 0.6) is 0 Å². The van der Waals surface area contributed by atoms with E-state index in [1.807, 2.05) is 0 Å². The van der Waals surface area contributed by atoms with Crippen molar-refractivity contribution in [2.24, 2.45) is 5.92 Å². The van der Waals surface area contributed by atoms with Crippen molar-refractivity contribution in [2.75, 3.05) is 5.73 Å². The summed E-state index contributed by atoms with van der Waals surface area (Å²) in [4.78, 5) is 10.7. The molecule has 1 aromatic heterocycles. The highest BCUT2D eigenvalue weighted by atomic mass is 32.1. The van der Waals surface area contributed by atoms with Gasteiger partial charge >= 0.3 is 0 Å². The van der Waals surface area contributed by atoms with Gasteiger partial charge in [0.25, 0.3) is 0 Å². The Hall–Kier alpha value is -0.970. The number of aromatic amines is 1. The normalized spacial score (nSPS) is 10.6. The van der Waals surface area contributed by atoms with Crippen LogP contribution in [0.3, 0.4) is 0 Å². The summed E-state index contributed by atoms with van der Waals surface area (Å²) in [5.41, 5.74) is 5.46. The van der Waals surface area contributed by atoms with E-state index in [2.05, 4.69) is 28.8 Å². The van der Waals surface area contributed by atoms with Gasteiger partial charge in [0.15, 0.2) is 0 Å². The van der Waals surface area contributed by atoms with Gasteiger partial charge in [-0.3, -0.25) is 0 Å². The van der Waals surface area contributed by atoms with Crippen LogP contribution in [0.25, 0.3) is 0 Å². The first kappa shape index (κ1) is 9.12. The van der Waals surface area contributed by atoms with Crippen molar-refractivity contribution in [1.82, 2.24) is 15.0 Å². The van der Waals surface area contributed by atoms with Gasteiger partial charge in [-0.2, -0.15) is 4.98 Å². The van der Waals surface area contributed by atoms with Gasteiger partial charge in [0.05, 0.1) is 0 Å². The third-order valence-corrected chi connectivity index (χ3v) is 1.50. The Kier molecular flexibility index (Phi) is 2.75. The molecule has 0 amide bonds. The van der Waals surface area contributed by atoms with Crippen molar-refractivity contribution < 1.29 is 0 Å². The number of nitrogens with zero attached hydrogens (tertiary/aromatic N) is 2. The third kappa shape index (κ3) is 2.58. The largest absolute Gasteiger partial charge is 0.369 e. The van der Waals surface area contributed by atoms with Crippen LogP contribution >= 0.6 is 12.2 Å². The summed E-state index contributed by atoms with van der Waals surface area (Å²) >= 11 is 4.82. The monoisotopic (exact) mass is 184 g/mol. The Balaban J connectivity index is 2.93. The highest BCUT2D eigenvalue weighted by Crippen LogP contribution is 2.02. The van der Waals surface area contributed by atoms with Gasteiger partial charge in [-0.05, 0) is 18.1 Å². The van der Waals surface area contributed by atoms with Crippen LogP contribution in [-0.2, 0) is 6.42 Å². The van der Waals surface area contributed by atoms with E-state index < -0.39 is 0 Å². The van der Waals surface area contributed by atoms with E-state index in [4.69, 9.17) is 18.0 Å². The lowest BCUT2D eigenvalue weighted by atomic mass is 10.1. The van der Waals surface area contributed by atoms with Crippen LogP contribution < -0.4 is 5.73 Å². The molecule has 0 bridgehead atoms. The molecule has 3 N–H and O–H groups in total. The molecule has 0 fully saturated rings. The summed E-state index contributed by atoms with van der Waals surface area (Å²) in [6.45, 7) is 4.21. The molecule has 0 spiro atoms.